The molecule has 0 saturated heterocycles. The SMILES string of the molecule is Cn1c(-c2ccccc2)c(/C=N/Nc2ccc(C(=O)O)cc2)c2ccccc21. The summed E-state index contributed by atoms with van der Waals surface area (Å²) in [7, 11) is 2.06. The Hall–Kier alpha value is -3.86. The summed E-state index contributed by atoms with van der Waals surface area (Å²) in [5.41, 5.74) is 8.32. The maximum absolute atomic E-state index is 11.0. The van der Waals surface area contributed by atoms with Crippen LogP contribution in [0.5, 0.6) is 0 Å². The first-order chi connectivity index (χ1) is 13.6. The number of hydrogen-bond acceptors (Lipinski definition) is 3. The number of hydrazone groups is 1. The quantitative estimate of drug-likeness (QED) is 0.385. The van der Waals surface area contributed by atoms with Crippen LogP contribution in [-0.2, 0) is 7.05 Å². The van der Waals surface area contributed by atoms with Gasteiger partial charge in [0.05, 0.1) is 23.2 Å². The lowest BCUT2D eigenvalue weighted by Crippen LogP contribution is -1.97. The molecule has 0 radical (unpaired) electrons. The molecule has 3 aromatic carbocycles. The fourth-order valence-corrected chi connectivity index (χ4v) is 3.36. The van der Waals surface area contributed by atoms with Gasteiger partial charge in [-0.25, -0.2) is 4.79 Å². The predicted octanol–water partition coefficient (Wildman–Crippen LogP) is 4.99. The lowest BCUT2D eigenvalue weighted by molar-refractivity contribution is 0.0697. The number of nitrogens with zero attached hydrogens (tertiary/aromatic N) is 2. The molecule has 0 saturated carbocycles. The van der Waals surface area contributed by atoms with Crippen LogP contribution in [0.15, 0.2) is 84.0 Å². The summed E-state index contributed by atoms with van der Waals surface area (Å²) in [6.45, 7) is 0. The van der Waals surface area contributed by atoms with Gasteiger partial charge in [0.1, 0.15) is 0 Å². The van der Waals surface area contributed by atoms with Gasteiger partial charge in [-0.3, -0.25) is 5.43 Å². The van der Waals surface area contributed by atoms with Crippen molar-refractivity contribution in [3.8, 4) is 11.3 Å². The number of nitrogens with one attached hydrogen (secondary N) is 1. The summed E-state index contributed by atoms with van der Waals surface area (Å²) in [4.78, 5) is 11.0. The molecular weight excluding hydrogens is 350 g/mol. The molecule has 0 atom stereocenters. The van der Waals surface area contributed by atoms with Crippen LogP contribution in [0.4, 0.5) is 5.69 Å². The number of fused-ring (bicyclic) bond motifs is 1. The summed E-state index contributed by atoms with van der Waals surface area (Å²) >= 11 is 0. The Morgan fingerprint density at radius 1 is 0.964 bits per heavy atom. The Balaban J connectivity index is 1.71. The number of aromatic carboxylic acids is 1. The van der Waals surface area contributed by atoms with Crippen molar-refractivity contribution >= 4 is 28.8 Å². The number of para-hydroxylation sites is 1. The third-order valence-corrected chi connectivity index (χ3v) is 4.71. The minimum atomic E-state index is -0.946. The van der Waals surface area contributed by atoms with Crippen molar-refractivity contribution in [1.29, 1.82) is 0 Å². The first kappa shape index (κ1) is 17.5. The van der Waals surface area contributed by atoms with Crippen molar-refractivity contribution in [3.63, 3.8) is 0 Å². The largest absolute Gasteiger partial charge is 0.478 e. The van der Waals surface area contributed by atoms with Gasteiger partial charge < -0.3 is 9.67 Å². The third kappa shape index (κ3) is 3.25. The molecule has 0 aliphatic carbocycles. The van der Waals surface area contributed by atoms with Gasteiger partial charge in [0.25, 0.3) is 0 Å². The summed E-state index contributed by atoms with van der Waals surface area (Å²) in [5, 5.41) is 14.5. The molecule has 0 spiro atoms. The van der Waals surface area contributed by atoms with E-state index in [2.05, 4.69) is 46.4 Å². The second-order valence-corrected chi connectivity index (χ2v) is 6.46. The minimum absolute atomic E-state index is 0.245. The van der Waals surface area contributed by atoms with Gasteiger partial charge in [0.15, 0.2) is 0 Å². The standard InChI is InChI=1S/C23H19N3O2/c1-26-21-10-6-5-9-19(21)20(22(26)16-7-3-2-4-8-16)15-24-25-18-13-11-17(12-14-18)23(27)28/h2-15,25H,1H3,(H,27,28)/b24-15+. The van der Waals surface area contributed by atoms with Gasteiger partial charge in [0.2, 0.25) is 0 Å². The van der Waals surface area contributed by atoms with E-state index in [1.807, 2.05) is 36.5 Å². The van der Waals surface area contributed by atoms with Crippen LogP contribution in [0.1, 0.15) is 15.9 Å². The van der Waals surface area contributed by atoms with Crippen molar-refractivity contribution in [2.75, 3.05) is 5.43 Å². The van der Waals surface area contributed by atoms with Gasteiger partial charge in [-0.05, 0) is 35.9 Å². The molecule has 5 heteroatoms. The summed E-state index contributed by atoms with van der Waals surface area (Å²) in [6.07, 6.45) is 1.82. The van der Waals surface area contributed by atoms with Crippen LogP contribution < -0.4 is 5.43 Å². The van der Waals surface area contributed by atoms with Crippen LogP contribution in [0.25, 0.3) is 22.2 Å². The van der Waals surface area contributed by atoms with Gasteiger partial charge in [0, 0.05) is 23.5 Å². The maximum Gasteiger partial charge on any atom is 0.335 e. The van der Waals surface area contributed by atoms with E-state index in [1.54, 1.807) is 24.3 Å². The Bertz CT molecular complexity index is 1160. The smallest absolute Gasteiger partial charge is 0.335 e. The highest BCUT2D eigenvalue weighted by molar-refractivity contribution is 6.06. The molecule has 4 rings (SSSR count). The number of carboxylic acid groups (broad SMARTS) is 1. The normalized spacial score (nSPS) is 11.2. The molecule has 138 valence electrons. The first-order valence-corrected chi connectivity index (χ1v) is 8.90. The number of hydrogen-bond donors (Lipinski definition) is 2. The third-order valence-electron chi connectivity index (χ3n) is 4.71. The van der Waals surface area contributed by atoms with Gasteiger partial charge in [-0.1, -0.05) is 48.5 Å². The van der Waals surface area contributed by atoms with E-state index in [0.717, 1.165) is 33.4 Å². The summed E-state index contributed by atoms with van der Waals surface area (Å²) in [5.74, 6) is -0.946. The van der Waals surface area contributed by atoms with E-state index in [1.165, 1.54) is 0 Å². The van der Waals surface area contributed by atoms with Gasteiger partial charge in [-0.15, -0.1) is 0 Å². The second kappa shape index (κ2) is 7.40. The zero-order chi connectivity index (χ0) is 19.5. The lowest BCUT2D eigenvalue weighted by Gasteiger charge is -2.06. The minimum Gasteiger partial charge on any atom is -0.478 e. The lowest BCUT2D eigenvalue weighted by atomic mass is 10.1. The van der Waals surface area contributed by atoms with Crippen LogP contribution in [0, 0.1) is 0 Å². The van der Waals surface area contributed by atoms with Crippen molar-refractivity contribution in [2.45, 2.75) is 0 Å². The molecule has 0 unspecified atom stereocenters. The van der Waals surface area contributed by atoms with Crippen molar-refractivity contribution < 1.29 is 9.90 Å². The number of carboxylic acids is 1. The van der Waals surface area contributed by atoms with Crippen molar-refractivity contribution in [2.24, 2.45) is 12.1 Å². The van der Waals surface area contributed by atoms with E-state index in [4.69, 9.17) is 5.11 Å². The topological polar surface area (TPSA) is 66.6 Å². The van der Waals surface area contributed by atoms with Crippen molar-refractivity contribution in [3.05, 3.63) is 90.0 Å². The van der Waals surface area contributed by atoms with E-state index in [9.17, 15) is 4.79 Å². The van der Waals surface area contributed by atoms with Gasteiger partial charge >= 0.3 is 5.97 Å². The molecule has 0 aliphatic heterocycles. The van der Waals surface area contributed by atoms with E-state index in [-0.39, 0.29) is 5.56 Å². The average molecular weight is 369 g/mol. The molecule has 5 nitrogen and oxygen atoms in total. The zero-order valence-corrected chi connectivity index (χ0v) is 15.3. The molecular formula is C23H19N3O2. The van der Waals surface area contributed by atoms with E-state index in [0.29, 0.717) is 0 Å². The van der Waals surface area contributed by atoms with Crippen LogP contribution in [0.3, 0.4) is 0 Å². The number of aromatic nitrogens is 1. The van der Waals surface area contributed by atoms with Crippen LogP contribution >= 0.6 is 0 Å². The highest BCUT2D eigenvalue weighted by atomic mass is 16.4. The van der Waals surface area contributed by atoms with E-state index >= 15 is 0 Å². The second-order valence-electron chi connectivity index (χ2n) is 6.46. The number of benzene rings is 3. The Kier molecular flexibility index (Phi) is 4.64. The molecule has 4 aromatic rings. The summed E-state index contributed by atoms with van der Waals surface area (Å²) < 4.78 is 2.17. The number of aryl methyl sites for hydroxylation is 1. The number of rotatable bonds is 5. The number of anilines is 1. The molecule has 2 N–H and O–H groups in total. The molecule has 0 amide bonds. The molecule has 28 heavy (non-hydrogen) atoms. The Morgan fingerprint density at radius 3 is 2.36 bits per heavy atom. The molecule has 0 bridgehead atoms. The molecule has 0 fully saturated rings. The van der Waals surface area contributed by atoms with Crippen molar-refractivity contribution in [1.82, 2.24) is 4.57 Å². The predicted molar refractivity (Wildman–Crippen MR) is 113 cm³/mol. The Morgan fingerprint density at radius 2 is 1.64 bits per heavy atom. The zero-order valence-electron chi connectivity index (χ0n) is 15.3. The average Bonchev–Trinajstić information content (AvgIpc) is 3.01. The van der Waals surface area contributed by atoms with Crippen LogP contribution in [0.2, 0.25) is 0 Å². The monoisotopic (exact) mass is 369 g/mol. The first-order valence-electron chi connectivity index (χ1n) is 8.90. The van der Waals surface area contributed by atoms with Crippen LogP contribution in [-0.4, -0.2) is 21.9 Å². The fraction of sp³-hybridized carbons (Fsp3) is 0.0435. The highest BCUT2D eigenvalue weighted by Gasteiger charge is 2.14. The number of carbonyl (C=O) groups is 1. The molecule has 0 aliphatic rings. The fourth-order valence-electron chi connectivity index (χ4n) is 3.36. The molecule has 1 aromatic heterocycles. The van der Waals surface area contributed by atoms with E-state index < -0.39 is 5.97 Å². The Labute approximate surface area is 162 Å². The summed E-state index contributed by atoms with van der Waals surface area (Å²) in [6, 6.07) is 24.9. The molecule has 1 heterocycles. The highest BCUT2D eigenvalue weighted by Crippen LogP contribution is 2.31. The van der Waals surface area contributed by atoms with Gasteiger partial charge in [-0.2, -0.15) is 5.10 Å². The maximum atomic E-state index is 11.0.